The third-order valence-electron chi connectivity index (χ3n) is 2.77. The SMILES string of the molecule is O=C(NCC(O)C(F)F)c1cccc(-n2cccc2)c1. The first-order valence-corrected chi connectivity index (χ1v) is 6.06. The number of benzene rings is 1. The second-order valence-corrected chi connectivity index (χ2v) is 4.25. The largest absolute Gasteiger partial charge is 0.385 e. The number of carbonyl (C=O) groups excluding carboxylic acids is 1. The molecule has 0 saturated heterocycles. The van der Waals surface area contributed by atoms with Gasteiger partial charge < -0.3 is 15.0 Å². The minimum atomic E-state index is -2.87. The highest BCUT2D eigenvalue weighted by Crippen LogP contribution is 2.11. The van der Waals surface area contributed by atoms with Crippen molar-refractivity contribution in [2.45, 2.75) is 12.5 Å². The molecule has 0 radical (unpaired) electrons. The van der Waals surface area contributed by atoms with Crippen LogP contribution in [0.25, 0.3) is 5.69 Å². The predicted octanol–water partition coefficient (Wildman–Crippen LogP) is 1.83. The molecule has 1 aromatic heterocycles. The molecule has 1 heterocycles. The van der Waals surface area contributed by atoms with Gasteiger partial charge in [-0.2, -0.15) is 0 Å². The molecule has 20 heavy (non-hydrogen) atoms. The molecular formula is C14H14F2N2O2. The standard InChI is InChI=1S/C14H14F2N2O2/c15-13(16)12(19)9-17-14(20)10-4-3-5-11(8-10)18-6-1-2-7-18/h1-8,12-13,19H,9H2,(H,17,20). The topological polar surface area (TPSA) is 54.3 Å². The van der Waals surface area contributed by atoms with Gasteiger partial charge in [0.05, 0.1) is 0 Å². The molecule has 0 bridgehead atoms. The molecule has 1 atom stereocenters. The number of halogens is 2. The summed E-state index contributed by atoms with van der Waals surface area (Å²) < 4.78 is 26.1. The molecule has 0 aliphatic rings. The van der Waals surface area contributed by atoms with Crippen molar-refractivity contribution in [3.8, 4) is 5.69 Å². The summed E-state index contributed by atoms with van der Waals surface area (Å²) in [6, 6.07) is 10.5. The molecule has 6 heteroatoms. The zero-order chi connectivity index (χ0) is 14.5. The summed E-state index contributed by atoms with van der Waals surface area (Å²) in [7, 11) is 0. The maximum absolute atomic E-state index is 12.1. The van der Waals surface area contributed by atoms with Gasteiger partial charge in [0.25, 0.3) is 12.3 Å². The molecule has 2 rings (SSSR count). The van der Waals surface area contributed by atoms with E-state index in [1.165, 1.54) is 0 Å². The highest BCUT2D eigenvalue weighted by molar-refractivity contribution is 5.94. The Kier molecular flexibility index (Phi) is 4.47. The lowest BCUT2D eigenvalue weighted by molar-refractivity contribution is -0.00270. The number of nitrogens with zero attached hydrogens (tertiary/aromatic N) is 1. The van der Waals surface area contributed by atoms with Crippen LogP contribution in [0.1, 0.15) is 10.4 Å². The third kappa shape index (κ3) is 3.42. The van der Waals surface area contributed by atoms with E-state index >= 15 is 0 Å². The Morgan fingerprint density at radius 3 is 2.60 bits per heavy atom. The lowest BCUT2D eigenvalue weighted by atomic mass is 10.2. The Balaban J connectivity index is 2.05. The van der Waals surface area contributed by atoms with Gasteiger partial charge >= 0.3 is 0 Å². The van der Waals surface area contributed by atoms with E-state index < -0.39 is 25.0 Å². The number of aliphatic hydroxyl groups excluding tert-OH is 1. The summed E-state index contributed by atoms with van der Waals surface area (Å²) in [6.07, 6.45) is -1.07. The van der Waals surface area contributed by atoms with E-state index in [2.05, 4.69) is 5.32 Å². The normalized spacial score (nSPS) is 12.4. The summed E-state index contributed by atoms with van der Waals surface area (Å²) in [4.78, 5) is 11.8. The number of aliphatic hydroxyl groups is 1. The van der Waals surface area contributed by atoms with Gasteiger partial charge in [0.1, 0.15) is 6.10 Å². The fourth-order valence-electron chi connectivity index (χ4n) is 1.70. The molecule has 1 unspecified atom stereocenters. The van der Waals surface area contributed by atoms with Gasteiger partial charge in [-0.25, -0.2) is 8.78 Å². The Morgan fingerprint density at radius 2 is 1.95 bits per heavy atom. The highest BCUT2D eigenvalue weighted by atomic mass is 19.3. The number of aromatic nitrogens is 1. The molecule has 0 saturated carbocycles. The first-order valence-electron chi connectivity index (χ1n) is 6.06. The molecule has 2 N–H and O–H groups in total. The van der Waals surface area contributed by atoms with Gasteiger partial charge in [0.2, 0.25) is 0 Å². The van der Waals surface area contributed by atoms with Crippen molar-refractivity contribution >= 4 is 5.91 Å². The van der Waals surface area contributed by atoms with Crippen LogP contribution in [0.2, 0.25) is 0 Å². The Morgan fingerprint density at radius 1 is 1.25 bits per heavy atom. The summed E-state index contributed by atoms with van der Waals surface area (Å²) >= 11 is 0. The van der Waals surface area contributed by atoms with Crippen LogP contribution in [0.5, 0.6) is 0 Å². The van der Waals surface area contributed by atoms with Crippen molar-refractivity contribution in [3.05, 3.63) is 54.4 Å². The van der Waals surface area contributed by atoms with Crippen LogP contribution in [-0.2, 0) is 0 Å². The number of carbonyl (C=O) groups is 1. The van der Waals surface area contributed by atoms with Crippen LogP contribution >= 0.6 is 0 Å². The minimum Gasteiger partial charge on any atom is -0.385 e. The average Bonchev–Trinajstić information content (AvgIpc) is 2.98. The highest BCUT2D eigenvalue weighted by Gasteiger charge is 2.17. The Labute approximate surface area is 114 Å². The van der Waals surface area contributed by atoms with Crippen molar-refractivity contribution in [1.29, 1.82) is 0 Å². The summed E-state index contributed by atoms with van der Waals surface area (Å²) in [6.45, 7) is -0.482. The molecule has 1 amide bonds. The molecule has 0 fully saturated rings. The molecule has 0 spiro atoms. The fraction of sp³-hybridized carbons (Fsp3) is 0.214. The van der Waals surface area contributed by atoms with E-state index in [0.717, 1.165) is 5.69 Å². The van der Waals surface area contributed by atoms with Crippen LogP contribution < -0.4 is 5.32 Å². The predicted molar refractivity (Wildman–Crippen MR) is 70.1 cm³/mol. The van der Waals surface area contributed by atoms with Gasteiger partial charge in [-0.05, 0) is 30.3 Å². The van der Waals surface area contributed by atoms with E-state index in [0.29, 0.717) is 5.56 Å². The van der Waals surface area contributed by atoms with Gasteiger partial charge in [-0.1, -0.05) is 6.07 Å². The number of alkyl halides is 2. The summed E-state index contributed by atoms with van der Waals surface area (Å²) in [5, 5.41) is 11.2. The van der Waals surface area contributed by atoms with Crippen LogP contribution in [0.15, 0.2) is 48.8 Å². The van der Waals surface area contributed by atoms with Gasteiger partial charge in [0.15, 0.2) is 0 Å². The van der Waals surface area contributed by atoms with Crippen LogP contribution in [0.4, 0.5) is 8.78 Å². The molecule has 4 nitrogen and oxygen atoms in total. The average molecular weight is 280 g/mol. The van der Waals surface area contributed by atoms with Crippen LogP contribution in [0.3, 0.4) is 0 Å². The van der Waals surface area contributed by atoms with Gasteiger partial charge in [0, 0.05) is 30.2 Å². The number of hydrogen-bond acceptors (Lipinski definition) is 2. The maximum Gasteiger partial charge on any atom is 0.265 e. The first kappa shape index (κ1) is 14.2. The third-order valence-corrected chi connectivity index (χ3v) is 2.77. The molecule has 0 aliphatic heterocycles. The minimum absolute atomic E-state index is 0.345. The second-order valence-electron chi connectivity index (χ2n) is 4.25. The quantitative estimate of drug-likeness (QED) is 0.878. The molecule has 1 aromatic carbocycles. The van der Waals surface area contributed by atoms with Crippen molar-refractivity contribution < 1.29 is 18.7 Å². The zero-order valence-corrected chi connectivity index (χ0v) is 10.5. The van der Waals surface area contributed by atoms with E-state index in [9.17, 15) is 13.6 Å². The van der Waals surface area contributed by atoms with Crippen LogP contribution in [-0.4, -0.2) is 34.7 Å². The second kappa shape index (κ2) is 6.29. The number of hydrogen-bond donors (Lipinski definition) is 2. The van der Waals surface area contributed by atoms with Crippen molar-refractivity contribution in [2.24, 2.45) is 0 Å². The fourth-order valence-corrected chi connectivity index (χ4v) is 1.70. The van der Waals surface area contributed by atoms with Crippen molar-refractivity contribution in [1.82, 2.24) is 9.88 Å². The van der Waals surface area contributed by atoms with Crippen molar-refractivity contribution in [2.75, 3.05) is 6.54 Å². The lowest BCUT2D eigenvalue weighted by Crippen LogP contribution is -2.35. The maximum atomic E-state index is 12.1. The Hall–Kier alpha value is -2.21. The smallest absolute Gasteiger partial charge is 0.265 e. The molecule has 106 valence electrons. The van der Waals surface area contributed by atoms with E-state index in [4.69, 9.17) is 5.11 Å². The van der Waals surface area contributed by atoms with E-state index in [1.807, 2.05) is 35.2 Å². The monoisotopic (exact) mass is 280 g/mol. The van der Waals surface area contributed by atoms with Crippen molar-refractivity contribution in [3.63, 3.8) is 0 Å². The van der Waals surface area contributed by atoms with Gasteiger partial charge in [-0.15, -0.1) is 0 Å². The zero-order valence-electron chi connectivity index (χ0n) is 10.5. The number of amides is 1. The van der Waals surface area contributed by atoms with E-state index in [1.54, 1.807) is 18.2 Å². The summed E-state index contributed by atoms with van der Waals surface area (Å²) in [5.41, 5.74) is 1.13. The molecule has 2 aromatic rings. The number of nitrogens with one attached hydrogen (secondary N) is 1. The Bertz CT molecular complexity index is 570. The molecular weight excluding hydrogens is 266 g/mol. The van der Waals surface area contributed by atoms with Gasteiger partial charge in [-0.3, -0.25) is 4.79 Å². The number of rotatable bonds is 5. The van der Waals surface area contributed by atoms with E-state index in [-0.39, 0.29) is 0 Å². The molecule has 0 aliphatic carbocycles. The summed E-state index contributed by atoms with van der Waals surface area (Å²) in [5.74, 6) is -0.501. The van der Waals surface area contributed by atoms with Crippen LogP contribution in [0, 0.1) is 0 Å². The first-order chi connectivity index (χ1) is 9.58. The lowest BCUT2D eigenvalue weighted by Gasteiger charge is -2.11.